The van der Waals surface area contributed by atoms with Crippen LogP contribution in [0, 0.1) is 0 Å². The first-order valence-corrected chi connectivity index (χ1v) is 7.58. The Morgan fingerprint density at radius 1 is 1.26 bits per heavy atom. The molecular formula is C16H17N5O2. The average molecular weight is 311 g/mol. The Bertz CT molecular complexity index is 773. The number of carbonyl (C=O) groups excluding carboxylic acids is 1. The second-order valence-corrected chi connectivity index (χ2v) is 5.69. The van der Waals surface area contributed by atoms with Crippen LogP contribution in [0.4, 0.5) is 17.3 Å². The van der Waals surface area contributed by atoms with Gasteiger partial charge >= 0.3 is 0 Å². The molecule has 2 aliphatic rings. The number of methoxy groups -OCH3 is 1. The highest BCUT2D eigenvalue weighted by molar-refractivity contribution is 6.00. The molecule has 4 rings (SSSR count). The maximum absolute atomic E-state index is 11.7. The second kappa shape index (κ2) is 5.42. The molecule has 7 nitrogen and oxygen atoms in total. The van der Waals surface area contributed by atoms with Crippen LogP contribution in [0.15, 0.2) is 24.5 Å². The molecule has 1 fully saturated rings. The van der Waals surface area contributed by atoms with Crippen LogP contribution < -0.4 is 20.7 Å². The predicted octanol–water partition coefficient (Wildman–Crippen LogP) is 2.05. The van der Waals surface area contributed by atoms with Gasteiger partial charge in [0.05, 0.1) is 12.8 Å². The van der Waals surface area contributed by atoms with Gasteiger partial charge in [0, 0.05) is 29.8 Å². The zero-order valence-corrected chi connectivity index (χ0v) is 12.7. The quantitative estimate of drug-likeness (QED) is 0.783. The Labute approximate surface area is 133 Å². The summed E-state index contributed by atoms with van der Waals surface area (Å²) >= 11 is 0. The fourth-order valence-electron chi connectivity index (χ4n) is 2.69. The van der Waals surface area contributed by atoms with Gasteiger partial charge in [-0.15, -0.1) is 0 Å². The van der Waals surface area contributed by atoms with Crippen molar-refractivity contribution in [2.45, 2.75) is 25.4 Å². The molecule has 2 aromatic rings. The minimum Gasteiger partial charge on any atom is -0.494 e. The molecule has 23 heavy (non-hydrogen) atoms. The van der Waals surface area contributed by atoms with Crippen LogP contribution in [-0.4, -0.2) is 29.0 Å². The number of anilines is 3. The molecule has 7 heteroatoms. The molecule has 0 spiro atoms. The van der Waals surface area contributed by atoms with Crippen LogP contribution in [0.2, 0.25) is 0 Å². The molecule has 1 saturated carbocycles. The van der Waals surface area contributed by atoms with Crippen LogP contribution >= 0.6 is 0 Å². The zero-order chi connectivity index (χ0) is 15.8. The van der Waals surface area contributed by atoms with Crippen molar-refractivity contribution in [2.75, 3.05) is 17.7 Å². The summed E-state index contributed by atoms with van der Waals surface area (Å²) in [5.41, 5.74) is 2.30. The summed E-state index contributed by atoms with van der Waals surface area (Å²) in [4.78, 5) is 20.2. The van der Waals surface area contributed by atoms with Crippen LogP contribution in [0.5, 0.6) is 5.75 Å². The number of amides is 1. The maximum atomic E-state index is 11.7. The minimum absolute atomic E-state index is 0.0668. The van der Waals surface area contributed by atoms with Crippen LogP contribution in [0.3, 0.4) is 0 Å². The van der Waals surface area contributed by atoms with Crippen LogP contribution in [-0.2, 0) is 6.54 Å². The number of ether oxygens (including phenoxy) is 1. The van der Waals surface area contributed by atoms with E-state index in [-0.39, 0.29) is 5.91 Å². The molecule has 1 amide bonds. The summed E-state index contributed by atoms with van der Waals surface area (Å²) in [7, 11) is 1.60. The van der Waals surface area contributed by atoms with Crippen molar-refractivity contribution in [3.63, 3.8) is 0 Å². The summed E-state index contributed by atoms with van der Waals surface area (Å²) in [5, 5.41) is 9.39. The van der Waals surface area contributed by atoms with Gasteiger partial charge in [-0.2, -0.15) is 0 Å². The van der Waals surface area contributed by atoms with Crippen molar-refractivity contribution < 1.29 is 9.53 Å². The lowest BCUT2D eigenvalue weighted by Gasteiger charge is -2.14. The van der Waals surface area contributed by atoms with Crippen molar-refractivity contribution in [3.05, 3.63) is 35.7 Å². The first-order valence-electron chi connectivity index (χ1n) is 7.58. The third kappa shape index (κ3) is 2.65. The third-order valence-electron chi connectivity index (χ3n) is 3.99. The van der Waals surface area contributed by atoms with E-state index in [0.717, 1.165) is 17.1 Å². The van der Waals surface area contributed by atoms with Crippen molar-refractivity contribution in [1.82, 2.24) is 15.3 Å². The molecule has 1 aliphatic heterocycles. The highest BCUT2D eigenvalue weighted by Crippen LogP contribution is 2.35. The first kappa shape index (κ1) is 13.8. The summed E-state index contributed by atoms with van der Waals surface area (Å²) in [6, 6.07) is 6.03. The van der Waals surface area contributed by atoms with E-state index in [1.54, 1.807) is 13.2 Å². The molecule has 0 radical (unpaired) electrons. The smallest absolute Gasteiger partial charge is 0.252 e. The summed E-state index contributed by atoms with van der Waals surface area (Å²) < 4.78 is 5.50. The van der Waals surface area contributed by atoms with E-state index in [9.17, 15) is 4.79 Å². The van der Waals surface area contributed by atoms with Crippen LogP contribution in [0.1, 0.15) is 28.8 Å². The van der Waals surface area contributed by atoms with Gasteiger partial charge in [0.1, 0.15) is 23.7 Å². The Morgan fingerprint density at radius 2 is 2.09 bits per heavy atom. The number of aromatic nitrogens is 2. The van der Waals surface area contributed by atoms with Gasteiger partial charge < -0.3 is 20.7 Å². The number of carbonyl (C=O) groups is 1. The zero-order valence-electron chi connectivity index (χ0n) is 12.7. The fraction of sp³-hybridized carbons (Fsp3) is 0.312. The van der Waals surface area contributed by atoms with Gasteiger partial charge in [-0.1, -0.05) is 0 Å². The molecule has 0 atom stereocenters. The summed E-state index contributed by atoms with van der Waals surface area (Å²) in [6.45, 7) is 0.477. The SMILES string of the molecule is COc1c(Nc2cc(NC3CC3)ncn2)ccc2c1CNC2=O. The molecule has 0 bridgehead atoms. The Kier molecular flexibility index (Phi) is 3.25. The van der Waals surface area contributed by atoms with E-state index in [2.05, 4.69) is 25.9 Å². The number of fused-ring (bicyclic) bond motifs is 1. The second-order valence-electron chi connectivity index (χ2n) is 5.69. The number of benzene rings is 1. The van der Waals surface area contributed by atoms with E-state index in [4.69, 9.17) is 4.74 Å². The number of rotatable bonds is 5. The Balaban J connectivity index is 1.62. The monoisotopic (exact) mass is 311 g/mol. The molecule has 2 heterocycles. The number of hydrogen-bond donors (Lipinski definition) is 3. The molecule has 0 unspecified atom stereocenters. The highest BCUT2D eigenvalue weighted by Gasteiger charge is 2.25. The lowest BCUT2D eigenvalue weighted by molar-refractivity contribution is 0.0966. The summed E-state index contributed by atoms with van der Waals surface area (Å²) in [6.07, 6.45) is 3.90. The van der Waals surface area contributed by atoms with Gasteiger partial charge in [-0.25, -0.2) is 9.97 Å². The van der Waals surface area contributed by atoms with Gasteiger partial charge in [-0.05, 0) is 25.0 Å². The average Bonchev–Trinajstić information content (AvgIpc) is 3.29. The Morgan fingerprint density at radius 3 is 2.87 bits per heavy atom. The van der Waals surface area contributed by atoms with Gasteiger partial charge in [0.15, 0.2) is 0 Å². The topological polar surface area (TPSA) is 88.2 Å². The Hall–Kier alpha value is -2.83. The number of nitrogens with one attached hydrogen (secondary N) is 3. The molecule has 1 aliphatic carbocycles. The van der Waals surface area contributed by atoms with E-state index in [0.29, 0.717) is 29.7 Å². The lowest BCUT2D eigenvalue weighted by atomic mass is 10.1. The third-order valence-corrected chi connectivity index (χ3v) is 3.99. The minimum atomic E-state index is -0.0668. The highest BCUT2D eigenvalue weighted by atomic mass is 16.5. The van der Waals surface area contributed by atoms with Gasteiger partial charge in [-0.3, -0.25) is 4.79 Å². The van der Waals surface area contributed by atoms with Crippen molar-refractivity contribution in [1.29, 1.82) is 0 Å². The van der Waals surface area contributed by atoms with Crippen LogP contribution in [0.25, 0.3) is 0 Å². The summed E-state index contributed by atoms with van der Waals surface area (Å²) in [5.74, 6) is 2.08. The van der Waals surface area contributed by atoms with E-state index in [1.807, 2.05) is 12.1 Å². The lowest BCUT2D eigenvalue weighted by Crippen LogP contribution is -2.12. The van der Waals surface area contributed by atoms with E-state index >= 15 is 0 Å². The molecule has 1 aromatic heterocycles. The first-order chi connectivity index (χ1) is 11.2. The fourth-order valence-corrected chi connectivity index (χ4v) is 2.69. The largest absolute Gasteiger partial charge is 0.494 e. The maximum Gasteiger partial charge on any atom is 0.252 e. The number of hydrogen-bond acceptors (Lipinski definition) is 6. The van der Waals surface area contributed by atoms with Gasteiger partial charge in [0.2, 0.25) is 0 Å². The normalized spacial score (nSPS) is 15.8. The van der Waals surface area contributed by atoms with Crippen molar-refractivity contribution >= 4 is 23.2 Å². The molecule has 1 aromatic carbocycles. The van der Waals surface area contributed by atoms with Crippen molar-refractivity contribution in [2.24, 2.45) is 0 Å². The molecule has 118 valence electrons. The molecular weight excluding hydrogens is 294 g/mol. The number of nitrogens with zero attached hydrogens (tertiary/aromatic N) is 2. The van der Waals surface area contributed by atoms with E-state index < -0.39 is 0 Å². The van der Waals surface area contributed by atoms with E-state index in [1.165, 1.54) is 19.2 Å². The standard InChI is InChI=1S/C16H17N5O2/c1-23-15-11-7-17-16(22)10(11)4-5-12(15)21-14-6-13(18-8-19-14)20-9-2-3-9/h4-6,8-9H,2-3,7H2,1H3,(H,17,22)(H2,18,19,20,21). The predicted molar refractivity (Wildman–Crippen MR) is 86.1 cm³/mol. The van der Waals surface area contributed by atoms with Crippen molar-refractivity contribution in [3.8, 4) is 5.75 Å². The van der Waals surface area contributed by atoms with Gasteiger partial charge in [0.25, 0.3) is 5.91 Å². The molecule has 3 N–H and O–H groups in total. The molecule has 0 saturated heterocycles.